The number of thiophene rings is 1. The third-order valence-corrected chi connectivity index (χ3v) is 5.56. The highest BCUT2D eigenvalue weighted by Crippen LogP contribution is 2.25. The zero-order chi connectivity index (χ0) is 16.9. The molecule has 1 atom stereocenters. The standard InChI is InChI=1S/C17H29N3O2S/c1-13(20-7-4-15-14(11-20)5-9-23-15)10-18-16(22)19-12-17(2,3)6-8-21/h5,9,13,21H,4,6-8,10-12H2,1-3H3,(H2,18,19,22). The molecule has 0 aromatic carbocycles. The van der Waals surface area contributed by atoms with E-state index < -0.39 is 0 Å². The molecule has 0 saturated carbocycles. The van der Waals surface area contributed by atoms with Crippen LogP contribution >= 0.6 is 11.3 Å². The van der Waals surface area contributed by atoms with Gasteiger partial charge in [-0.2, -0.15) is 0 Å². The zero-order valence-electron chi connectivity index (χ0n) is 14.4. The fraction of sp³-hybridized carbons (Fsp3) is 0.706. The van der Waals surface area contributed by atoms with Crippen molar-refractivity contribution in [1.29, 1.82) is 0 Å². The van der Waals surface area contributed by atoms with Crippen LogP contribution in [0.5, 0.6) is 0 Å². The number of fused-ring (bicyclic) bond motifs is 1. The molecule has 0 fully saturated rings. The molecule has 2 rings (SSSR count). The first-order valence-electron chi connectivity index (χ1n) is 8.33. The lowest BCUT2D eigenvalue weighted by molar-refractivity contribution is 0.182. The van der Waals surface area contributed by atoms with Crippen molar-refractivity contribution in [2.75, 3.05) is 26.2 Å². The van der Waals surface area contributed by atoms with Crippen molar-refractivity contribution in [3.8, 4) is 0 Å². The average Bonchev–Trinajstić information content (AvgIpc) is 2.98. The Morgan fingerprint density at radius 3 is 3.00 bits per heavy atom. The van der Waals surface area contributed by atoms with Gasteiger partial charge < -0.3 is 15.7 Å². The van der Waals surface area contributed by atoms with Gasteiger partial charge in [0.15, 0.2) is 0 Å². The number of aliphatic hydroxyl groups excluding tert-OH is 1. The maximum absolute atomic E-state index is 11.9. The first kappa shape index (κ1) is 18.2. The molecule has 3 N–H and O–H groups in total. The molecule has 130 valence electrons. The minimum absolute atomic E-state index is 0.0834. The van der Waals surface area contributed by atoms with Crippen molar-refractivity contribution in [2.24, 2.45) is 5.41 Å². The highest BCUT2D eigenvalue weighted by molar-refractivity contribution is 7.10. The Bertz CT molecular complexity index is 516. The summed E-state index contributed by atoms with van der Waals surface area (Å²) in [7, 11) is 0. The summed E-state index contributed by atoms with van der Waals surface area (Å²) in [4.78, 5) is 15.9. The Labute approximate surface area is 143 Å². The molecule has 1 unspecified atom stereocenters. The quantitative estimate of drug-likeness (QED) is 0.713. The Hall–Kier alpha value is -1.11. The summed E-state index contributed by atoms with van der Waals surface area (Å²) in [6, 6.07) is 2.40. The Morgan fingerprint density at radius 2 is 2.26 bits per heavy atom. The molecule has 2 heterocycles. The Balaban J connectivity index is 1.70. The van der Waals surface area contributed by atoms with Gasteiger partial charge in [0.1, 0.15) is 0 Å². The van der Waals surface area contributed by atoms with Crippen molar-refractivity contribution in [2.45, 2.75) is 46.2 Å². The molecule has 2 amide bonds. The van der Waals surface area contributed by atoms with Crippen LogP contribution in [0.3, 0.4) is 0 Å². The molecular formula is C17H29N3O2S. The van der Waals surface area contributed by atoms with Crippen LogP contribution in [0.4, 0.5) is 4.79 Å². The number of aliphatic hydroxyl groups is 1. The van der Waals surface area contributed by atoms with E-state index in [0.717, 1.165) is 19.5 Å². The molecule has 6 heteroatoms. The van der Waals surface area contributed by atoms with Crippen LogP contribution in [0.2, 0.25) is 0 Å². The van der Waals surface area contributed by atoms with Crippen LogP contribution in [0.25, 0.3) is 0 Å². The predicted octanol–water partition coefficient (Wildman–Crippen LogP) is 2.20. The number of hydrogen-bond acceptors (Lipinski definition) is 4. The number of hydrogen-bond donors (Lipinski definition) is 3. The summed E-state index contributed by atoms with van der Waals surface area (Å²) in [5.74, 6) is 0. The van der Waals surface area contributed by atoms with E-state index in [2.05, 4.69) is 33.9 Å². The smallest absolute Gasteiger partial charge is 0.314 e. The fourth-order valence-corrected chi connectivity index (χ4v) is 3.68. The van der Waals surface area contributed by atoms with Gasteiger partial charge in [0.05, 0.1) is 0 Å². The second-order valence-corrected chi connectivity index (χ2v) is 8.14. The van der Waals surface area contributed by atoms with E-state index in [1.54, 1.807) is 0 Å². The van der Waals surface area contributed by atoms with E-state index in [-0.39, 0.29) is 18.1 Å². The molecular weight excluding hydrogens is 310 g/mol. The fourth-order valence-electron chi connectivity index (χ4n) is 2.79. The van der Waals surface area contributed by atoms with Gasteiger partial charge in [0, 0.05) is 43.7 Å². The van der Waals surface area contributed by atoms with E-state index in [1.807, 2.05) is 25.2 Å². The van der Waals surface area contributed by atoms with E-state index in [4.69, 9.17) is 5.11 Å². The lowest BCUT2D eigenvalue weighted by atomic mass is 9.90. The van der Waals surface area contributed by atoms with Gasteiger partial charge in [0.2, 0.25) is 0 Å². The van der Waals surface area contributed by atoms with Crippen molar-refractivity contribution >= 4 is 17.4 Å². The molecule has 1 aromatic heterocycles. The van der Waals surface area contributed by atoms with Gasteiger partial charge in [-0.1, -0.05) is 13.8 Å². The lowest BCUT2D eigenvalue weighted by Crippen LogP contribution is -2.47. The summed E-state index contributed by atoms with van der Waals surface area (Å²) >= 11 is 1.85. The first-order valence-corrected chi connectivity index (χ1v) is 9.21. The highest BCUT2D eigenvalue weighted by atomic mass is 32.1. The minimum atomic E-state index is -0.129. The second-order valence-electron chi connectivity index (χ2n) is 7.14. The van der Waals surface area contributed by atoms with Crippen molar-refractivity contribution in [1.82, 2.24) is 15.5 Å². The number of nitrogens with zero attached hydrogens (tertiary/aromatic N) is 1. The number of amides is 2. The maximum Gasteiger partial charge on any atom is 0.314 e. The number of carbonyl (C=O) groups excluding carboxylic acids is 1. The van der Waals surface area contributed by atoms with Crippen molar-refractivity contribution in [3.05, 3.63) is 21.9 Å². The zero-order valence-corrected chi connectivity index (χ0v) is 15.2. The topological polar surface area (TPSA) is 64.6 Å². The normalized spacial score (nSPS) is 16.7. The van der Waals surface area contributed by atoms with Crippen molar-refractivity contribution < 1.29 is 9.90 Å². The number of carbonyl (C=O) groups is 1. The highest BCUT2D eigenvalue weighted by Gasteiger charge is 2.22. The summed E-state index contributed by atoms with van der Waals surface area (Å²) in [6.45, 7) is 9.63. The average molecular weight is 340 g/mol. The van der Waals surface area contributed by atoms with E-state index in [0.29, 0.717) is 25.6 Å². The Morgan fingerprint density at radius 1 is 1.48 bits per heavy atom. The molecule has 5 nitrogen and oxygen atoms in total. The summed E-state index contributed by atoms with van der Waals surface area (Å²) < 4.78 is 0. The molecule has 0 saturated heterocycles. The molecule has 1 aliphatic heterocycles. The monoisotopic (exact) mass is 339 g/mol. The van der Waals surface area contributed by atoms with Gasteiger partial charge in [-0.15, -0.1) is 11.3 Å². The molecule has 23 heavy (non-hydrogen) atoms. The van der Waals surface area contributed by atoms with Crippen LogP contribution < -0.4 is 10.6 Å². The van der Waals surface area contributed by atoms with Gasteiger partial charge in [-0.05, 0) is 42.2 Å². The third-order valence-electron chi connectivity index (χ3n) is 4.53. The van der Waals surface area contributed by atoms with Crippen LogP contribution in [-0.2, 0) is 13.0 Å². The maximum atomic E-state index is 11.9. The molecule has 0 bridgehead atoms. The first-order chi connectivity index (χ1) is 10.9. The number of urea groups is 1. The largest absolute Gasteiger partial charge is 0.396 e. The van der Waals surface area contributed by atoms with E-state index in [9.17, 15) is 4.79 Å². The number of rotatable bonds is 7. The third kappa shape index (κ3) is 5.48. The van der Waals surface area contributed by atoms with Gasteiger partial charge in [-0.3, -0.25) is 4.90 Å². The summed E-state index contributed by atoms with van der Waals surface area (Å²) in [6.07, 6.45) is 1.79. The van der Waals surface area contributed by atoms with Crippen LogP contribution in [0, 0.1) is 5.41 Å². The molecule has 1 aromatic rings. The van der Waals surface area contributed by atoms with Gasteiger partial charge in [0.25, 0.3) is 0 Å². The molecule has 1 aliphatic rings. The van der Waals surface area contributed by atoms with Crippen LogP contribution in [-0.4, -0.2) is 48.3 Å². The molecule has 0 aliphatic carbocycles. The van der Waals surface area contributed by atoms with Crippen LogP contribution in [0.15, 0.2) is 11.4 Å². The lowest BCUT2D eigenvalue weighted by Gasteiger charge is -2.32. The van der Waals surface area contributed by atoms with Crippen LogP contribution in [0.1, 0.15) is 37.6 Å². The minimum Gasteiger partial charge on any atom is -0.396 e. The summed E-state index contributed by atoms with van der Waals surface area (Å²) in [5, 5.41) is 17.0. The Kier molecular flexibility index (Phi) is 6.44. The number of nitrogens with one attached hydrogen (secondary N) is 2. The SMILES string of the molecule is CC(CNC(=O)NCC(C)(C)CCO)N1CCc2sccc2C1. The van der Waals surface area contributed by atoms with E-state index in [1.165, 1.54) is 10.4 Å². The van der Waals surface area contributed by atoms with E-state index >= 15 is 0 Å². The van der Waals surface area contributed by atoms with Crippen molar-refractivity contribution in [3.63, 3.8) is 0 Å². The molecule has 0 spiro atoms. The van der Waals surface area contributed by atoms with Gasteiger partial charge >= 0.3 is 6.03 Å². The molecule has 0 radical (unpaired) electrons. The summed E-state index contributed by atoms with van der Waals surface area (Å²) in [5.41, 5.74) is 1.35. The predicted molar refractivity (Wildman–Crippen MR) is 94.8 cm³/mol. The van der Waals surface area contributed by atoms with Gasteiger partial charge in [-0.25, -0.2) is 4.79 Å². The second kappa shape index (κ2) is 8.13.